The Balaban J connectivity index is 1.27. The Kier molecular flexibility index (Phi) is 7.83. The molecule has 2 aliphatic heterocycles. The fourth-order valence-corrected chi connectivity index (χ4v) is 5.36. The van der Waals surface area contributed by atoms with Crippen LogP contribution in [0.2, 0.25) is 0 Å². The van der Waals surface area contributed by atoms with E-state index in [9.17, 15) is 14.4 Å². The van der Waals surface area contributed by atoms with Gasteiger partial charge in [-0.05, 0) is 30.0 Å². The quantitative estimate of drug-likeness (QED) is 0.669. The van der Waals surface area contributed by atoms with E-state index in [1.54, 1.807) is 27.6 Å². The van der Waals surface area contributed by atoms with Crippen LogP contribution >= 0.6 is 11.8 Å². The highest BCUT2D eigenvalue weighted by Gasteiger charge is 2.38. The van der Waals surface area contributed by atoms with E-state index in [0.29, 0.717) is 44.1 Å². The zero-order valence-corrected chi connectivity index (χ0v) is 19.4. The molecule has 6 nitrogen and oxygen atoms in total. The summed E-state index contributed by atoms with van der Waals surface area (Å²) in [6.07, 6.45) is 4.67. The largest absolute Gasteiger partial charge is 0.350 e. The highest BCUT2D eigenvalue weighted by molar-refractivity contribution is 7.99. The minimum absolute atomic E-state index is 0.0281. The Bertz CT molecular complexity index is 988. The van der Waals surface area contributed by atoms with E-state index in [2.05, 4.69) is 5.32 Å². The number of nitrogens with one attached hydrogen (secondary N) is 1. The molecule has 2 heterocycles. The van der Waals surface area contributed by atoms with Gasteiger partial charge in [-0.3, -0.25) is 14.4 Å². The molecule has 0 saturated carbocycles. The number of benzene rings is 2. The van der Waals surface area contributed by atoms with Gasteiger partial charge < -0.3 is 15.1 Å². The minimum Gasteiger partial charge on any atom is -0.350 e. The lowest BCUT2D eigenvalue weighted by molar-refractivity contribution is -0.143. The molecule has 0 bridgehead atoms. The van der Waals surface area contributed by atoms with Gasteiger partial charge >= 0.3 is 0 Å². The van der Waals surface area contributed by atoms with Crippen molar-refractivity contribution in [2.75, 3.05) is 24.7 Å². The van der Waals surface area contributed by atoms with Crippen LogP contribution < -0.4 is 5.32 Å². The number of likely N-dealkylation sites (tertiary alicyclic amines) is 1. The molecule has 1 N–H and O–H groups in total. The molecule has 4 rings (SSSR count). The molecular formula is C26H29N3O3S. The number of nitrogens with zero attached hydrogens (tertiary/aromatic N) is 2. The maximum Gasteiger partial charge on any atom is 0.246 e. The number of hydrogen-bond donors (Lipinski definition) is 1. The Morgan fingerprint density at radius 1 is 0.970 bits per heavy atom. The molecule has 1 atom stereocenters. The number of hydrogen-bond acceptors (Lipinski definition) is 4. The van der Waals surface area contributed by atoms with Gasteiger partial charge in [0.1, 0.15) is 6.04 Å². The minimum atomic E-state index is -0.431. The lowest BCUT2D eigenvalue weighted by atomic mass is 9.94. The number of carbonyl (C=O) groups excluding carboxylic acids is 3. The first-order valence-electron chi connectivity index (χ1n) is 11.3. The molecule has 2 aliphatic rings. The second kappa shape index (κ2) is 11.2. The van der Waals surface area contributed by atoms with Gasteiger partial charge in [-0.25, -0.2) is 0 Å². The van der Waals surface area contributed by atoms with E-state index in [-0.39, 0.29) is 23.6 Å². The van der Waals surface area contributed by atoms with E-state index < -0.39 is 6.04 Å². The summed E-state index contributed by atoms with van der Waals surface area (Å²) in [7, 11) is 0. The van der Waals surface area contributed by atoms with Gasteiger partial charge in [0.25, 0.3) is 0 Å². The average molecular weight is 464 g/mol. The monoisotopic (exact) mass is 463 g/mol. The number of piperidine rings is 1. The zero-order chi connectivity index (χ0) is 23.0. The summed E-state index contributed by atoms with van der Waals surface area (Å²) in [5.74, 6) is 0.924. The summed E-state index contributed by atoms with van der Waals surface area (Å²) < 4.78 is 0. The average Bonchev–Trinajstić information content (AvgIpc) is 3.37. The molecule has 0 aromatic heterocycles. The zero-order valence-electron chi connectivity index (χ0n) is 18.6. The van der Waals surface area contributed by atoms with Gasteiger partial charge in [0.15, 0.2) is 0 Å². The third-order valence-corrected chi connectivity index (χ3v) is 7.16. The van der Waals surface area contributed by atoms with Crippen molar-refractivity contribution in [1.29, 1.82) is 0 Å². The van der Waals surface area contributed by atoms with Gasteiger partial charge in [0.2, 0.25) is 17.7 Å². The van der Waals surface area contributed by atoms with Gasteiger partial charge in [0, 0.05) is 37.4 Å². The van der Waals surface area contributed by atoms with Crippen LogP contribution in [0.4, 0.5) is 0 Å². The van der Waals surface area contributed by atoms with Crippen LogP contribution in [0.3, 0.4) is 0 Å². The number of thioether (sulfide) groups is 1. The fourth-order valence-electron chi connectivity index (χ4n) is 4.20. The van der Waals surface area contributed by atoms with Crippen molar-refractivity contribution in [1.82, 2.24) is 15.1 Å². The van der Waals surface area contributed by atoms with Crippen molar-refractivity contribution < 1.29 is 14.4 Å². The van der Waals surface area contributed by atoms with Gasteiger partial charge in [-0.2, -0.15) is 0 Å². The number of amides is 3. The molecule has 2 aromatic carbocycles. The van der Waals surface area contributed by atoms with Crippen LogP contribution in [0, 0.1) is 5.92 Å². The molecule has 1 unspecified atom stereocenters. The van der Waals surface area contributed by atoms with E-state index in [0.717, 1.165) is 11.1 Å². The van der Waals surface area contributed by atoms with Crippen LogP contribution in [-0.4, -0.2) is 58.3 Å². The highest BCUT2D eigenvalue weighted by Crippen LogP contribution is 2.27. The van der Waals surface area contributed by atoms with Gasteiger partial charge in [-0.1, -0.05) is 60.7 Å². The van der Waals surface area contributed by atoms with E-state index in [4.69, 9.17) is 0 Å². The molecule has 0 spiro atoms. The lowest BCUT2D eigenvalue weighted by Gasteiger charge is -2.34. The van der Waals surface area contributed by atoms with Crippen molar-refractivity contribution in [2.24, 2.45) is 5.92 Å². The van der Waals surface area contributed by atoms with Crippen LogP contribution in [-0.2, 0) is 20.9 Å². The summed E-state index contributed by atoms with van der Waals surface area (Å²) in [5, 5.41) is 2.97. The first-order chi connectivity index (χ1) is 16.1. The maximum absolute atomic E-state index is 13.2. The molecule has 2 fully saturated rings. The van der Waals surface area contributed by atoms with Crippen LogP contribution in [0.5, 0.6) is 0 Å². The third-order valence-electron chi connectivity index (χ3n) is 6.15. The number of carbonyl (C=O) groups is 3. The van der Waals surface area contributed by atoms with Crippen molar-refractivity contribution in [3.8, 4) is 0 Å². The summed E-state index contributed by atoms with van der Waals surface area (Å²) >= 11 is 1.61. The second-order valence-electron chi connectivity index (χ2n) is 8.37. The predicted molar refractivity (Wildman–Crippen MR) is 131 cm³/mol. The summed E-state index contributed by atoms with van der Waals surface area (Å²) in [5.41, 5.74) is 2.02. The molecule has 2 aromatic rings. The van der Waals surface area contributed by atoms with Crippen LogP contribution in [0.15, 0.2) is 66.7 Å². The van der Waals surface area contributed by atoms with Crippen LogP contribution in [0.25, 0.3) is 6.08 Å². The fraction of sp³-hybridized carbons (Fsp3) is 0.346. The molecule has 2 saturated heterocycles. The molecule has 0 aliphatic carbocycles. The Hall–Kier alpha value is -3.06. The number of rotatable bonds is 6. The first kappa shape index (κ1) is 23.1. The molecular weight excluding hydrogens is 434 g/mol. The summed E-state index contributed by atoms with van der Waals surface area (Å²) in [4.78, 5) is 42.0. The molecule has 7 heteroatoms. The van der Waals surface area contributed by atoms with Crippen molar-refractivity contribution in [3.63, 3.8) is 0 Å². The molecule has 3 amide bonds. The normalized spacial score (nSPS) is 19.1. The molecule has 172 valence electrons. The standard InChI is InChI=1S/C26H29N3O3S/c30-24(12-11-20-7-3-1-4-8-20)28-15-13-22(14-16-28)26(32)29-19-33-18-23(29)25(31)27-17-21-9-5-2-6-10-21/h1-12,22-23H,13-19H2,(H,27,31)/b12-11+. The van der Waals surface area contributed by atoms with Crippen molar-refractivity contribution >= 4 is 35.6 Å². The SMILES string of the molecule is O=C(NCc1ccccc1)C1CSCN1C(=O)C1CCN(C(=O)/C=C/c2ccccc2)CC1. The smallest absolute Gasteiger partial charge is 0.246 e. The van der Waals surface area contributed by atoms with E-state index >= 15 is 0 Å². The molecule has 0 radical (unpaired) electrons. The van der Waals surface area contributed by atoms with Crippen LogP contribution in [0.1, 0.15) is 24.0 Å². The van der Waals surface area contributed by atoms with E-state index in [1.807, 2.05) is 66.7 Å². The van der Waals surface area contributed by atoms with Gasteiger partial charge in [0.05, 0.1) is 5.88 Å². The third kappa shape index (κ3) is 6.05. The van der Waals surface area contributed by atoms with Gasteiger partial charge in [-0.15, -0.1) is 11.8 Å². The predicted octanol–water partition coefficient (Wildman–Crippen LogP) is 3.16. The Labute approximate surface area is 199 Å². The van der Waals surface area contributed by atoms with E-state index in [1.165, 1.54) is 0 Å². The highest BCUT2D eigenvalue weighted by atomic mass is 32.2. The first-order valence-corrected chi connectivity index (χ1v) is 12.5. The second-order valence-corrected chi connectivity index (χ2v) is 9.37. The van der Waals surface area contributed by atoms with Crippen molar-refractivity contribution in [2.45, 2.75) is 25.4 Å². The Morgan fingerprint density at radius 3 is 2.33 bits per heavy atom. The lowest BCUT2D eigenvalue weighted by Crippen LogP contribution is -2.50. The summed E-state index contributed by atoms with van der Waals surface area (Å²) in [6, 6.07) is 19.1. The topological polar surface area (TPSA) is 69.7 Å². The summed E-state index contributed by atoms with van der Waals surface area (Å²) in [6.45, 7) is 1.57. The van der Waals surface area contributed by atoms with Crippen molar-refractivity contribution in [3.05, 3.63) is 77.9 Å². The Morgan fingerprint density at radius 2 is 1.64 bits per heavy atom. The molecule has 33 heavy (non-hydrogen) atoms. The maximum atomic E-state index is 13.2.